The summed E-state index contributed by atoms with van der Waals surface area (Å²) in [4.78, 5) is 14.0. The highest BCUT2D eigenvalue weighted by Crippen LogP contribution is 2.14. The number of H-pyrrole nitrogens is 1. The highest BCUT2D eigenvalue weighted by Gasteiger charge is 2.14. The molecule has 5 nitrogen and oxygen atoms in total. The van der Waals surface area contributed by atoms with Crippen molar-refractivity contribution in [2.75, 3.05) is 26.8 Å². The van der Waals surface area contributed by atoms with Crippen molar-refractivity contribution in [1.29, 1.82) is 0 Å². The van der Waals surface area contributed by atoms with Crippen LogP contribution in [0.25, 0.3) is 10.9 Å². The van der Waals surface area contributed by atoms with Gasteiger partial charge >= 0.3 is 0 Å². The van der Waals surface area contributed by atoms with Crippen LogP contribution in [0.1, 0.15) is 17.3 Å². The van der Waals surface area contributed by atoms with Crippen LogP contribution in [0, 0.1) is 0 Å². The fourth-order valence-corrected chi connectivity index (χ4v) is 1.86. The Hall–Kier alpha value is -1.88. The van der Waals surface area contributed by atoms with Crippen molar-refractivity contribution in [2.24, 2.45) is 0 Å². The largest absolute Gasteiger partial charge is 0.383 e. The fourth-order valence-electron chi connectivity index (χ4n) is 1.86. The summed E-state index contributed by atoms with van der Waals surface area (Å²) in [7, 11) is 1.63. The lowest BCUT2D eigenvalue weighted by Gasteiger charge is -2.20. The average Bonchev–Trinajstić information content (AvgIpc) is 2.86. The lowest BCUT2D eigenvalue weighted by molar-refractivity contribution is 0.0706. The second kappa shape index (κ2) is 5.64. The van der Waals surface area contributed by atoms with E-state index in [4.69, 9.17) is 4.74 Å². The molecule has 0 aliphatic heterocycles. The molecule has 18 heavy (non-hydrogen) atoms. The van der Waals surface area contributed by atoms with Gasteiger partial charge in [0, 0.05) is 31.1 Å². The summed E-state index contributed by atoms with van der Waals surface area (Å²) in [6.45, 7) is 3.78. The van der Waals surface area contributed by atoms with Gasteiger partial charge in [-0.15, -0.1) is 0 Å². The van der Waals surface area contributed by atoms with Gasteiger partial charge in [0.25, 0.3) is 5.91 Å². The highest BCUT2D eigenvalue weighted by atomic mass is 16.5. The van der Waals surface area contributed by atoms with Crippen molar-refractivity contribution in [3.8, 4) is 0 Å². The third kappa shape index (κ3) is 2.51. The molecule has 0 unspecified atom stereocenters. The first-order chi connectivity index (χ1) is 8.76. The lowest BCUT2D eigenvalue weighted by Crippen LogP contribution is -2.33. The Balaban J connectivity index is 2.20. The van der Waals surface area contributed by atoms with Crippen molar-refractivity contribution in [1.82, 2.24) is 15.1 Å². The number of carbonyl (C=O) groups excluding carboxylic acids is 1. The Kier molecular flexibility index (Phi) is 3.94. The summed E-state index contributed by atoms with van der Waals surface area (Å²) in [6, 6.07) is 5.56. The van der Waals surface area contributed by atoms with E-state index in [0.717, 1.165) is 10.9 Å². The maximum atomic E-state index is 12.3. The SMILES string of the molecule is CCN(CCOC)C(=O)c1ccc2cn[nH]c2c1. The summed E-state index contributed by atoms with van der Waals surface area (Å²) in [5.74, 6) is 0.0195. The molecule has 0 aliphatic rings. The Morgan fingerprint density at radius 2 is 2.33 bits per heavy atom. The Bertz CT molecular complexity index is 536. The van der Waals surface area contributed by atoms with Crippen LogP contribution in [0.4, 0.5) is 0 Å². The Morgan fingerprint density at radius 3 is 3.06 bits per heavy atom. The van der Waals surface area contributed by atoms with Crippen molar-refractivity contribution in [3.05, 3.63) is 30.0 Å². The molecule has 0 saturated heterocycles. The number of rotatable bonds is 5. The number of carbonyl (C=O) groups is 1. The maximum Gasteiger partial charge on any atom is 0.253 e. The molecule has 5 heteroatoms. The lowest BCUT2D eigenvalue weighted by atomic mass is 10.1. The zero-order chi connectivity index (χ0) is 13.0. The molecule has 1 amide bonds. The van der Waals surface area contributed by atoms with Crippen molar-refractivity contribution in [3.63, 3.8) is 0 Å². The van der Waals surface area contributed by atoms with Crippen LogP contribution in [0.5, 0.6) is 0 Å². The van der Waals surface area contributed by atoms with E-state index in [-0.39, 0.29) is 5.91 Å². The number of benzene rings is 1. The second-order valence-electron chi connectivity index (χ2n) is 4.05. The molecule has 1 heterocycles. The first-order valence-electron chi connectivity index (χ1n) is 5.97. The number of nitrogens with zero attached hydrogens (tertiary/aromatic N) is 2. The van der Waals surface area contributed by atoms with Crippen LogP contribution in [-0.2, 0) is 4.74 Å². The molecule has 0 bridgehead atoms. The van der Waals surface area contributed by atoms with E-state index in [1.165, 1.54) is 0 Å². The van der Waals surface area contributed by atoms with E-state index >= 15 is 0 Å². The monoisotopic (exact) mass is 247 g/mol. The van der Waals surface area contributed by atoms with Gasteiger partial charge < -0.3 is 9.64 Å². The third-order valence-corrected chi connectivity index (χ3v) is 2.92. The molecule has 0 atom stereocenters. The predicted molar refractivity (Wildman–Crippen MR) is 69.5 cm³/mol. The minimum Gasteiger partial charge on any atom is -0.383 e. The van der Waals surface area contributed by atoms with Gasteiger partial charge in [0.05, 0.1) is 18.3 Å². The molecule has 96 valence electrons. The van der Waals surface area contributed by atoms with E-state index in [2.05, 4.69) is 10.2 Å². The summed E-state index contributed by atoms with van der Waals surface area (Å²) < 4.78 is 5.01. The summed E-state index contributed by atoms with van der Waals surface area (Å²) >= 11 is 0. The molecule has 0 aliphatic carbocycles. The normalized spacial score (nSPS) is 10.8. The van der Waals surface area contributed by atoms with Crippen LogP contribution in [0.2, 0.25) is 0 Å². The van der Waals surface area contributed by atoms with Crippen molar-refractivity contribution in [2.45, 2.75) is 6.92 Å². The number of nitrogens with one attached hydrogen (secondary N) is 1. The Labute approximate surface area is 106 Å². The maximum absolute atomic E-state index is 12.3. The minimum atomic E-state index is 0.0195. The molecule has 2 rings (SSSR count). The van der Waals surface area contributed by atoms with E-state index in [1.54, 1.807) is 18.2 Å². The molecule has 1 aromatic heterocycles. The molecule has 1 N–H and O–H groups in total. The van der Waals surface area contributed by atoms with Crippen LogP contribution in [0.15, 0.2) is 24.4 Å². The minimum absolute atomic E-state index is 0.0195. The number of hydrogen-bond acceptors (Lipinski definition) is 3. The Morgan fingerprint density at radius 1 is 1.50 bits per heavy atom. The summed E-state index contributed by atoms with van der Waals surface area (Å²) in [5, 5.41) is 7.82. The number of fused-ring (bicyclic) bond motifs is 1. The molecular weight excluding hydrogens is 230 g/mol. The average molecular weight is 247 g/mol. The molecule has 0 saturated carbocycles. The first-order valence-corrected chi connectivity index (χ1v) is 5.97. The standard InChI is InChI=1S/C13H17N3O2/c1-3-16(6-7-18-2)13(17)10-4-5-11-9-14-15-12(11)8-10/h4-5,8-9H,3,6-7H2,1-2H3,(H,14,15). The smallest absolute Gasteiger partial charge is 0.253 e. The van der Waals surface area contributed by atoms with Crippen molar-refractivity contribution >= 4 is 16.8 Å². The van der Waals surface area contributed by atoms with Gasteiger partial charge in [0.1, 0.15) is 0 Å². The fraction of sp³-hybridized carbons (Fsp3) is 0.385. The topological polar surface area (TPSA) is 58.2 Å². The second-order valence-corrected chi connectivity index (χ2v) is 4.05. The van der Waals surface area contributed by atoms with E-state index in [1.807, 2.05) is 25.1 Å². The summed E-state index contributed by atoms with van der Waals surface area (Å²) in [5.41, 5.74) is 1.55. The van der Waals surface area contributed by atoms with Gasteiger partial charge in [-0.2, -0.15) is 5.10 Å². The number of amides is 1. The van der Waals surface area contributed by atoms with Gasteiger partial charge in [-0.3, -0.25) is 9.89 Å². The number of aromatic nitrogens is 2. The molecule has 2 aromatic rings. The predicted octanol–water partition coefficient (Wildman–Crippen LogP) is 1.67. The van der Waals surface area contributed by atoms with Crippen molar-refractivity contribution < 1.29 is 9.53 Å². The molecule has 1 aromatic carbocycles. The number of ether oxygens (including phenoxy) is 1. The number of aromatic amines is 1. The van der Waals surface area contributed by atoms with Gasteiger partial charge in [0.15, 0.2) is 0 Å². The molecule has 0 spiro atoms. The first kappa shape index (κ1) is 12.6. The molecular formula is C13H17N3O2. The summed E-state index contributed by atoms with van der Waals surface area (Å²) in [6.07, 6.45) is 1.74. The van der Waals surface area contributed by atoms with Crippen LogP contribution in [0.3, 0.4) is 0 Å². The van der Waals surface area contributed by atoms with E-state index in [0.29, 0.717) is 25.3 Å². The van der Waals surface area contributed by atoms with Gasteiger partial charge in [-0.25, -0.2) is 0 Å². The highest BCUT2D eigenvalue weighted by molar-refractivity contribution is 5.97. The van der Waals surface area contributed by atoms with Crippen LogP contribution in [-0.4, -0.2) is 47.8 Å². The third-order valence-electron chi connectivity index (χ3n) is 2.92. The zero-order valence-electron chi connectivity index (χ0n) is 10.6. The molecule has 0 fully saturated rings. The van der Waals surface area contributed by atoms with Crippen LogP contribution < -0.4 is 0 Å². The number of methoxy groups -OCH3 is 1. The zero-order valence-corrected chi connectivity index (χ0v) is 10.6. The van der Waals surface area contributed by atoms with E-state index < -0.39 is 0 Å². The number of likely N-dealkylation sites (N-methyl/N-ethyl adjacent to an activating group) is 1. The number of hydrogen-bond donors (Lipinski definition) is 1. The van der Waals surface area contributed by atoms with E-state index in [9.17, 15) is 4.79 Å². The van der Waals surface area contributed by atoms with Gasteiger partial charge in [-0.1, -0.05) is 6.07 Å². The van der Waals surface area contributed by atoms with Crippen LogP contribution >= 0.6 is 0 Å². The van der Waals surface area contributed by atoms with Gasteiger partial charge in [0.2, 0.25) is 0 Å². The molecule has 0 radical (unpaired) electrons. The quantitative estimate of drug-likeness (QED) is 0.874. The van der Waals surface area contributed by atoms with Gasteiger partial charge in [-0.05, 0) is 19.1 Å².